The molecule has 5 heteroatoms. The maximum atomic E-state index is 5.35. The van der Waals surface area contributed by atoms with Crippen LogP contribution in [0.5, 0.6) is 0 Å². The predicted octanol–water partition coefficient (Wildman–Crippen LogP) is 1.12. The number of hydrogen-bond acceptors (Lipinski definition) is 2. The molecule has 0 bridgehead atoms. The summed E-state index contributed by atoms with van der Waals surface area (Å²) in [5.41, 5.74) is 1.02. The van der Waals surface area contributed by atoms with E-state index in [1.807, 2.05) is 31.7 Å². The van der Waals surface area contributed by atoms with Crippen molar-refractivity contribution in [3.63, 3.8) is 0 Å². The Morgan fingerprint density at radius 1 is 1.44 bits per heavy atom. The van der Waals surface area contributed by atoms with E-state index in [9.17, 15) is 0 Å². The van der Waals surface area contributed by atoms with Crippen LogP contribution >= 0.6 is 0 Å². The zero-order valence-corrected chi connectivity index (χ0v) is 11.9. The van der Waals surface area contributed by atoms with E-state index in [4.69, 9.17) is 4.74 Å². The minimum Gasteiger partial charge on any atom is -0.377 e. The fourth-order valence-electron chi connectivity index (χ4n) is 1.44. The summed E-state index contributed by atoms with van der Waals surface area (Å²) >= 11 is 0. The Kier molecular flexibility index (Phi) is 5.22. The maximum absolute atomic E-state index is 5.35. The van der Waals surface area contributed by atoms with Crippen LogP contribution in [-0.2, 0) is 18.3 Å². The Labute approximate surface area is 109 Å². The Morgan fingerprint density at radius 2 is 2.17 bits per heavy atom. The molecule has 0 aliphatic heterocycles. The molecule has 0 aliphatic carbocycles. The highest BCUT2D eigenvalue weighted by Gasteiger charge is 2.16. The maximum Gasteiger partial charge on any atom is 0.191 e. The smallest absolute Gasteiger partial charge is 0.191 e. The number of aliphatic imine (C=N–C) groups is 1. The van der Waals surface area contributed by atoms with Crippen LogP contribution in [0.3, 0.4) is 0 Å². The normalized spacial score (nSPS) is 12.6. The van der Waals surface area contributed by atoms with E-state index < -0.39 is 0 Å². The topological polar surface area (TPSA) is 50.6 Å². The lowest BCUT2D eigenvalue weighted by atomic mass is 10.1. The van der Waals surface area contributed by atoms with Crippen LogP contribution in [-0.4, -0.2) is 36.8 Å². The van der Waals surface area contributed by atoms with Crippen molar-refractivity contribution in [1.29, 1.82) is 0 Å². The summed E-state index contributed by atoms with van der Waals surface area (Å²) in [5.74, 6) is 0.781. The number of hydrogen-bond donors (Lipinski definition) is 2. The van der Waals surface area contributed by atoms with Gasteiger partial charge in [0.05, 0.1) is 5.60 Å². The lowest BCUT2D eigenvalue weighted by molar-refractivity contribution is 0.0268. The van der Waals surface area contributed by atoms with E-state index in [0.717, 1.165) is 12.5 Å². The summed E-state index contributed by atoms with van der Waals surface area (Å²) in [6.07, 6.45) is 4.11. The Bertz CT molecular complexity index is 395. The van der Waals surface area contributed by atoms with E-state index in [2.05, 4.69) is 27.9 Å². The first-order valence-electron chi connectivity index (χ1n) is 6.07. The number of aryl methyl sites for hydroxylation is 1. The number of nitrogens with one attached hydrogen (secondary N) is 2. The van der Waals surface area contributed by atoms with Gasteiger partial charge >= 0.3 is 0 Å². The molecule has 5 nitrogen and oxygen atoms in total. The van der Waals surface area contributed by atoms with Gasteiger partial charge in [-0.3, -0.25) is 4.99 Å². The quantitative estimate of drug-likeness (QED) is 0.610. The molecular weight excluding hydrogens is 228 g/mol. The van der Waals surface area contributed by atoms with Crippen molar-refractivity contribution in [2.75, 3.05) is 20.7 Å². The van der Waals surface area contributed by atoms with Gasteiger partial charge in [0.25, 0.3) is 0 Å². The molecular formula is C13H24N4O. The van der Waals surface area contributed by atoms with Gasteiger partial charge in [0.2, 0.25) is 0 Å². The van der Waals surface area contributed by atoms with Crippen molar-refractivity contribution >= 4 is 5.96 Å². The van der Waals surface area contributed by atoms with Crippen LogP contribution in [0.4, 0.5) is 0 Å². The largest absolute Gasteiger partial charge is 0.377 e. The molecule has 18 heavy (non-hydrogen) atoms. The van der Waals surface area contributed by atoms with Crippen molar-refractivity contribution in [3.8, 4) is 0 Å². The number of aromatic nitrogens is 1. The lowest BCUT2D eigenvalue weighted by Crippen LogP contribution is -2.45. The van der Waals surface area contributed by atoms with Gasteiger partial charge in [-0.25, -0.2) is 0 Å². The van der Waals surface area contributed by atoms with Gasteiger partial charge in [-0.2, -0.15) is 0 Å². The first-order chi connectivity index (χ1) is 8.46. The number of ether oxygens (including phenoxy) is 1. The highest BCUT2D eigenvalue weighted by atomic mass is 16.5. The zero-order chi connectivity index (χ0) is 13.6. The first-order valence-corrected chi connectivity index (χ1v) is 6.07. The number of nitrogens with zero attached hydrogens (tertiary/aromatic N) is 2. The molecule has 1 heterocycles. The average Bonchev–Trinajstić information content (AvgIpc) is 2.75. The van der Waals surface area contributed by atoms with Crippen LogP contribution in [0.1, 0.15) is 19.4 Å². The van der Waals surface area contributed by atoms with Crippen LogP contribution in [0, 0.1) is 0 Å². The van der Waals surface area contributed by atoms with Gasteiger partial charge in [0.15, 0.2) is 5.96 Å². The zero-order valence-electron chi connectivity index (χ0n) is 11.9. The van der Waals surface area contributed by atoms with Crippen LogP contribution in [0.25, 0.3) is 0 Å². The third-order valence-corrected chi connectivity index (χ3v) is 2.81. The second kappa shape index (κ2) is 6.44. The van der Waals surface area contributed by atoms with Gasteiger partial charge in [-0.1, -0.05) is 0 Å². The van der Waals surface area contributed by atoms with E-state index in [0.29, 0.717) is 6.54 Å². The van der Waals surface area contributed by atoms with Crippen molar-refractivity contribution < 1.29 is 4.74 Å². The molecule has 0 fully saturated rings. The van der Waals surface area contributed by atoms with Gasteiger partial charge in [-0.15, -0.1) is 0 Å². The number of methoxy groups -OCH3 is 1. The van der Waals surface area contributed by atoms with E-state index in [1.165, 1.54) is 5.56 Å². The van der Waals surface area contributed by atoms with Crippen LogP contribution in [0.2, 0.25) is 0 Å². The lowest BCUT2D eigenvalue weighted by Gasteiger charge is -2.24. The minimum absolute atomic E-state index is 0.204. The summed E-state index contributed by atoms with van der Waals surface area (Å²) in [4.78, 5) is 4.18. The molecule has 0 spiro atoms. The second-order valence-electron chi connectivity index (χ2n) is 4.93. The Hall–Kier alpha value is -1.49. The van der Waals surface area contributed by atoms with E-state index in [1.54, 1.807) is 14.2 Å². The van der Waals surface area contributed by atoms with Crippen LogP contribution in [0.15, 0.2) is 23.5 Å². The second-order valence-corrected chi connectivity index (χ2v) is 4.93. The molecule has 1 aromatic heterocycles. The third-order valence-electron chi connectivity index (χ3n) is 2.81. The molecule has 0 aliphatic rings. The minimum atomic E-state index is -0.204. The SMILES string of the molecule is CN=C(NCc1ccn(C)c1)NCC(C)(C)OC. The molecule has 0 saturated carbocycles. The third kappa shape index (κ3) is 4.79. The molecule has 0 saturated heterocycles. The van der Waals surface area contributed by atoms with Gasteiger partial charge in [0.1, 0.15) is 0 Å². The summed E-state index contributed by atoms with van der Waals surface area (Å²) in [6.45, 7) is 5.53. The first kappa shape index (κ1) is 14.6. The molecule has 0 radical (unpaired) electrons. The highest BCUT2D eigenvalue weighted by molar-refractivity contribution is 5.79. The van der Waals surface area contributed by atoms with E-state index in [-0.39, 0.29) is 5.60 Å². The molecule has 1 rings (SSSR count). The monoisotopic (exact) mass is 252 g/mol. The molecule has 0 amide bonds. The molecule has 1 aromatic rings. The van der Waals surface area contributed by atoms with E-state index >= 15 is 0 Å². The summed E-state index contributed by atoms with van der Waals surface area (Å²) in [6, 6.07) is 2.08. The van der Waals surface area contributed by atoms with Crippen molar-refractivity contribution in [1.82, 2.24) is 15.2 Å². The fraction of sp³-hybridized carbons (Fsp3) is 0.615. The van der Waals surface area contributed by atoms with Crippen molar-refractivity contribution in [2.24, 2.45) is 12.0 Å². The Balaban J connectivity index is 2.39. The molecule has 0 aromatic carbocycles. The Morgan fingerprint density at radius 3 is 2.67 bits per heavy atom. The van der Waals surface area contributed by atoms with Gasteiger partial charge < -0.3 is 19.9 Å². The molecule has 2 N–H and O–H groups in total. The average molecular weight is 252 g/mol. The molecule has 0 atom stereocenters. The number of guanidine groups is 1. The van der Waals surface area contributed by atoms with Crippen molar-refractivity contribution in [3.05, 3.63) is 24.0 Å². The van der Waals surface area contributed by atoms with Crippen molar-refractivity contribution in [2.45, 2.75) is 26.0 Å². The summed E-state index contributed by atoms with van der Waals surface area (Å²) in [7, 11) is 5.49. The number of rotatable bonds is 5. The molecule has 0 unspecified atom stereocenters. The van der Waals surface area contributed by atoms with Gasteiger partial charge in [-0.05, 0) is 25.5 Å². The molecule has 102 valence electrons. The van der Waals surface area contributed by atoms with Crippen LogP contribution < -0.4 is 10.6 Å². The highest BCUT2D eigenvalue weighted by Crippen LogP contribution is 2.04. The summed E-state index contributed by atoms with van der Waals surface area (Å²) < 4.78 is 7.38. The standard InChI is InChI=1S/C13H24N4O/c1-13(2,18-5)10-16-12(14-3)15-8-11-6-7-17(4)9-11/h6-7,9H,8,10H2,1-5H3,(H2,14,15,16). The van der Waals surface area contributed by atoms with Gasteiger partial charge in [0, 0.05) is 46.7 Å². The summed E-state index contributed by atoms with van der Waals surface area (Å²) in [5, 5.41) is 6.51. The fourth-order valence-corrected chi connectivity index (χ4v) is 1.44. The predicted molar refractivity (Wildman–Crippen MR) is 74.7 cm³/mol.